The molecule has 2 aromatic carbocycles. The predicted molar refractivity (Wildman–Crippen MR) is 98.8 cm³/mol. The number of nitrogens with one attached hydrogen (secondary N) is 1. The summed E-state index contributed by atoms with van der Waals surface area (Å²) in [4.78, 5) is 0.181. The van der Waals surface area contributed by atoms with Gasteiger partial charge in [0.25, 0.3) is 0 Å². The Labute approximate surface area is 156 Å². The van der Waals surface area contributed by atoms with Crippen LogP contribution in [0.5, 0.6) is 5.75 Å². The Morgan fingerprint density at radius 3 is 2.46 bits per heavy atom. The van der Waals surface area contributed by atoms with Crippen molar-refractivity contribution in [3.8, 4) is 17.1 Å². The minimum Gasteiger partial charge on any atom is -0.497 e. The summed E-state index contributed by atoms with van der Waals surface area (Å²) in [5.41, 5.74) is 1.51. The molecule has 0 aliphatic rings. The molecule has 0 spiro atoms. The Morgan fingerprint density at radius 1 is 1.12 bits per heavy atom. The third kappa shape index (κ3) is 4.43. The first-order valence-electron chi connectivity index (χ1n) is 7.83. The zero-order chi connectivity index (χ0) is 18.6. The van der Waals surface area contributed by atoms with Gasteiger partial charge in [0.15, 0.2) is 5.76 Å². The Morgan fingerprint density at radius 2 is 1.81 bits per heavy atom. The van der Waals surface area contributed by atoms with Gasteiger partial charge in [0.05, 0.1) is 17.7 Å². The summed E-state index contributed by atoms with van der Waals surface area (Å²) in [5.74, 6) is 1.20. The van der Waals surface area contributed by atoms with Crippen LogP contribution in [0.15, 0.2) is 64.0 Å². The number of hydrogen-bond acceptors (Lipinski definition) is 5. The maximum absolute atomic E-state index is 12.3. The number of rotatable bonds is 7. The first kappa shape index (κ1) is 18.4. The summed E-state index contributed by atoms with van der Waals surface area (Å²) < 4.78 is 37.4. The average Bonchev–Trinajstić information content (AvgIpc) is 3.11. The molecular formula is C18H17ClN2O4S. The predicted octanol–water partition coefficient (Wildman–Crippen LogP) is 3.52. The van der Waals surface area contributed by atoms with Crippen molar-refractivity contribution in [3.05, 3.63) is 65.3 Å². The standard InChI is InChI=1S/C18H17ClN2O4S/c1-24-16-6-8-17(9-7-16)26(22,23)20-11-10-15-12-18(25-21-15)13-2-4-14(19)5-3-13/h2-9,12,20H,10-11H2,1H3. The molecule has 3 aromatic rings. The lowest BCUT2D eigenvalue weighted by Gasteiger charge is -2.06. The molecule has 8 heteroatoms. The number of benzene rings is 2. The van der Waals surface area contributed by atoms with E-state index >= 15 is 0 Å². The van der Waals surface area contributed by atoms with Gasteiger partial charge in [-0.2, -0.15) is 0 Å². The second-order valence-corrected chi connectivity index (χ2v) is 7.72. The van der Waals surface area contributed by atoms with Crippen LogP contribution in [0.3, 0.4) is 0 Å². The molecule has 3 rings (SSSR count). The lowest BCUT2D eigenvalue weighted by Crippen LogP contribution is -2.26. The van der Waals surface area contributed by atoms with Crippen LogP contribution in [0.25, 0.3) is 11.3 Å². The molecule has 0 saturated heterocycles. The fourth-order valence-corrected chi connectivity index (χ4v) is 3.49. The Bertz CT molecular complexity index is 967. The van der Waals surface area contributed by atoms with E-state index in [1.54, 1.807) is 30.3 Å². The molecule has 0 aliphatic carbocycles. The number of nitrogens with zero attached hydrogens (tertiary/aromatic N) is 1. The second kappa shape index (κ2) is 7.90. The molecule has 0 fully saturated rings. The van der Waals surface area contributed by atoms with Gasteiger partial charge >= 0.3 is 0 Å². The first-order valence-corrected chi connectivity index (χ1v) is 9.69. The van der Waals surface area contributed by atoms with Crippen molar-refractivity contribution in [3.63, 3.8) is 0 Å². The quantitative estimate of drug-likeness (QED) is 0.665. The van der Waals surface area contributed by atoms with Gasteiger partial charge in [-0.1, -0.05) is 16.8 Å². The summed E-state index contributed by atoms with van der Waals surface area (Å²) in [7, 11) is -2.06. The highest BCUT2D eigenvalue weighted by Crippen LogP contribution is 2.22. The molecule has 1 N–H and O–H groups in total. The number of ether oxygens (including phenoxy) is 1. The molecule has 0 saturated carbocycles. The minimum absolute atomic E-state index is 0.181. The number of sulfonamides is 1. The van der Waals surface area contributed by atoms with Crippen LogP contribution in [-0.4, -0.2) is 27.2 Å². The Hall–Kier alpha value is -2.35. The second-order valence-electron chi connectivity index (χ2n) is 5.51. The maximum Gasteiger partial charge on any atom is 0.240 e. The third-order valence-electron chi connectivity index (χ3n) is 3.73. The van der Waals surface area contributed by atoms with Gasteiger partial charge in [-0.3, -0.25) is 0 Å². The molecule has 0 amide bonds. The lowest BCUT2D eigenvalue weighted by atomic mass is 10.1. The fraction of sp³-hybridized carbons (Fsp3) is 0.167. The van der Waals surface area contributed by atoms with E-state index in [0.29, 0.717) is 28.6 Å². The number of aromatic nitrogens is 1. The molecule has 26 heavy (non-hydrogen) atoms. The number of halogens is 1. The monoisotopic (exact) mass is 392 g/mol. The summed E-state index contributed by atoms with van der Waals surface area (Å²) >= 11 is 5.86. The molecule has 136 valence electrons. The molecule has 1 heterocycles. The van der Waals surface area contributed by atoms with Crippen molar-refractivity contribution in [2.45, 2.75) is 11.3 Å². The normalized spacial score (nSPS) is 11.5. The van der Waals surface area contributed by atoms with Gasteiger partial charge in [0.1, 0.15) is 5.75 Å². The van der Waals surface area contributed by atoms with Crippen LogP contribution in [0.4, 0.5) is 0 Å². The minimum atomic E-state index is -3.58. The van der Waals surface area contributed by atoms with Crippen LogP contribution in [0.2, 0.25) is 5.02 Å². The molecule has 0 unspecified atom stereocenters. The highest BCUT2D eigenvalue weighted by molar-refractivity contribution is 7.89. The molecule has 1 aromatic heterocycles. The summed E-state index contributed by atoms with van der Waals surface area (Å²) in [6.07, 6.45) is 0.409. The highest BCUT2D eigenvalue weighted by atomic mass is 35.5. The van der Waals surface area contributed by atoms with Gasteiger partial charge in [-0.25, -0.2) is 13.1 Å². The van der Waals surface area contributed by atoms with Gasteiger partial charge in [-0.05, 0) is 48.5 Å². The van der Waals surface area contributed by atoms with Crippen molar-refractivity contribution in [2.75, 3.05) is 13.7 Å². The van der Waals surface area contributed by atoms with E-state index in [0.717, 1.165) is 5.56 Å². The molecular weight excluding hydrogens is 376 g/mol. The van der Waals surface area contributed by atoms with Gasteiger partial charge in [-0.15, -0.1) is 0 Å². The van der Waals surface area contributed by atoms with Crippen LogP contribution < -0.4 is 9.46 Å². The van der Waals surface area contributed by atoms with Gasteiger partial charge in [0, 0.05) is 29.6 Å². The Kier molecular flexibility index (Phi) is 5.61. The third-order valence-corrected chi connectivity index (χ3v) is 5.46. The van der Waals surface area contributed by atoms with Crippen LogP contribution in [-0.2, 0) is 16.4 Å². The Balaban J connectivity index is 1.60. The largest absolute Gasteiger partial charge is 0.497 e. The zero-order valence-corrected chi connectivity index (χ0v) is 15.5. The zero-order valence-electron chi connectivity index (χ0n) is 14.0. The number of methoxy groups -OCH3 is 1. The maximum atomic E-state index is 12.3. The smallest absolute Gasteiger partial charge is 0.240 e. The van der Waals surface area contributed by atoms with E-state index in [-0.39, 0.29) is 11.4 Å². The van der Waals surface area contributed by atoms with E-state index in [9.17, 15) is 8.42 Å². The molecule has 0 radical (unpaired) electrons. The van der Waals surface area contributed by atoms with Crippen molar-refractivity contribution in [1.29, 1.82) is 0 Å². The molecule has 0 bridgehead atoms. The van der Waals surface area contributed by atoms with Crippen molar-refractivity contribution < 1.29 is 17.7 Å². The average molecular weight is 393 g/mol. The van der Waals surface area contributed by atoms with E-state index in [2.05, 4.69) is 9.88 Å². The fourth-order valence-electron chi connectivity index (χ4n) is 2.33. The summed E-state index contributed by atoms with van der Waals surface area (Å²) in [6, 6.07) is 15.2. The van der Waals surface area contributed by atoms with Crippen LogP contribution in [0.1, 0.15) is 5.69 Å². The van der Waals surface area contributed by atoms with Gasteiger partial charge < -0.3 is 9.26 Å². The van der Waals surface area contributed by atoms with E-state index in [4.69, 9.17) is 20.9 Å². The van der Waals surface area contributed by atoms with Gasteiger partial charge in [0.2, 0.25) is 10.0 Å². The summed E-state index contributed by atoms with van der Waals surface area (Å²) in [6.45, 7) is 0.209. The van der Waals surface area contributed by atoms with Crippen molar-refractivity contribution in [2.24, 2.45) is 0 Å². The summed E-state index contributed by atoms with van der Waals surface area (Å²) in [5, 5.41) is 4.61. The van der Waals surface area contributed by atoms with Crippen LogP contribution in [0, 0.1) is 0 Å². The van der Waals surface area contributed by atoms with E-state index < -0.39 is 10.0 Å². The van der Waals surface area contributed by atoms with Crippen molar-refractivity contribution >= 4 is 21.6 Å². The highest BCUT2D eigenvalue weighted by Gasteiger charge is 2.14. The van der Waals surface area contributed by atoms with Crippen LogP contribution >= 0.6 is 11.6 Å². The SMILES string of the molecule is COc1ccc(S(=O)(=O)NCCc2cc(-c3ccc(Cl)cc3)on2)cc1. The molecule has 6 nitrogen and oxygen atoms in total. The molecule has 0 atom stereocenters. The molecule has 0 aliphatic heterocycles. The topological polar surface area (TPSA) is 81.4 Å². The lowest BCUT2D eigenvalue weighted by molar-refractivity contribution is 0.414. The first-order chi connectivity index (χ1) is 12.5. The van der Waals surface area contributed by atoms with E-state index in [1.165, 1.54) is 19.2 Å². The van der Waals surface area contributed by atoms with Crippen molar-refractivity contribution in [1.82, 2.24) is 9.88 Å². The number of hydrogen-bond donors (Lipinski definition) is 1. The van der Waals surface area contributed by atoms with E-state index in [1.807, 2.05) is 12.1 Å².